The van der Waals surface area contributed by atoms with Crippen LogP contribution in [0.15, 0.2) is 77.3 Å². The molecule has 9 heteroatoms. The van der Waals surface area contributed by atoms with Gasteiger partial charge in [-0.15, -0.1) is 0 Å². The number of amides is 2. The highest BCUT2D eigenvalue weighted by molar-refractivity contribution is 9.10. The van der Waals surface area contributed by atoms with Crippen LogP contribution in [0, 0.1) is 0 Å². The minimum absolute atomic E-state index is 0.0587. The summed E-state index contributed by atoms with van der Waals surface area (Å²) < 4.78 is 12.1. The van der Waals surface area contributed by atoms with Crippen LogP contribution in [0.2, 0.25) is 0 Å². The Morgan fingerprint density at radius 3 is 2.32 bits per heavy atom. The number of carbonyl (C=O) groups excluding carboxylic acids is 2. The van der Waals surface area contributed by atoms with Crippen LogP contribution in [0.1, 0.15) is 40.1 Å². The summed E-state index contributed by atoms with van der Waals surface area (Å²) in [6.45, 7) is 4.17. The van der Waals surface area contributed by atoms with Gasteiger partial charge in [-0.05, 0) is 74.1 Å². The van der Waals surface area contributed by atoms with E-state index in [1.807, 2.05) is 44.2 Å². The minimum atomic E-state index is -0.469. The Morgan fingerprint density at radius 2 is 1.65 bits per heavy atom. The molecule has 0 bridgehead atoms. The molecule has 7 nitrogen and oxygen atoms in total. The van der Waals surface area contributed by atoms with Crippen LogP contribution in [-0.4, -0.2) is 23.0 Å². The maximum atomic E-state index is 12.7. The summed E-state index contributed by atoms with van der Waals surface area (Å²) in [4.78, 5) is 25.1. The molecule has 3 rings (SSSR count). The highest BCUT2D eigenvalue weighted by atomic mass is 79.9. The largest absolute Gasteiger partial charge is 0.490 e. The number of halogens is 1. The smallest absolute Gasteiger partial charge is 0.269 e. The molecule has 3 N–H and O–H groups in total. The Hall–Kier alpha value is -3.43. The fourth-order valence-corrected chi connectivity index (χ4v) is 3.37. The van der Waals surface area contributed by atoms with Gasteiger partial charge in [0.25, 0.3) is 11.8 Å². The van der Waals surface area contributed by atoms with Gasteiger partial charge in [-0.1, -0.05) is 46.3 Å². The van der Waals surface area contributed by atoms with Gasteiger partial charge in [0.05, 0.1) is 11.7 Å². The molecular formula is C25H24BrN3O4S. The Labute approximate surface area is 211 Å². The van der Waals surface area contributed by atoms with E-state index < -0.39 is 11.8 Å². The van der Waals surface area contributed by atoms with Gasteiger partial charge < -0.3 is 9.47 Å². The van der Waals surface area contributed by atoms with Gasteiger partial charge in [-0.25, -0.2) is 0 Å². The molecule has 0 aliphatic carbocycles. The molecule has 0 radical (unpaired) electrons. The van der Waals surface area contributed by atoms with Crippen molar-refractivity contribution in [2.75, 3.05) is 0 Å². The van der Waals surface area contributed by atoms with Crippen molar-refractivity contribution >= 4 is 45.1 Å². The van der Waals surface area contributed by atoms with Crippen LogP contribution in [0.3, 0.4) is 0 Å². The van der Waals surface area contributed by atoms with E-state index in [4.69, 9.17) is 21.7 Å². The SMILES string of the molecule is CC(C)Oc1ccc(Br)cc1C(=O)NC(=S)NNC(=O)c1ccc(OCc2ccccc2)cc1. The first kappa shape index (κ1) is 25.2. The zero-order valence-electron chi connectivity index (χ0n) is 18.6. The lowest BCUT2D eigenvalue weighted by Crippen LogP contribution is -2.48. The van der Waals surface area contributed by atoms with Gasteiger partial charge in [-0.2, -0.15) is 0 Å². The summed E-state index contributed by atoms with van der Waals surface area (Å²) in [5.74, 6) is 0.183. The van der Waals surface area contributed by atoms with Crippen molar-refractivity contribution in [2.45, 2.75) is 26.6 Å². The summed E-state index contributed by atoms with van der Waals surface area (Å²) in [6, 6.07) is 21.6. The van der Waals surface area contributed by atoms with E-state index in [1.54, 1.807) is 42.5 Å². The highest BCUT2D eigenvalue weighted by Crippen LogP contribution is 2.24. The maximum absolute atomic E-state index is 12.7. The van der Waals surface area contributed by atoms with Gasteiger partial charge in [-0.3, -0.25) is 25.8 Å². The third-order valence-electron chi connectivity index (χ3n) is 4.43. The highest BCUT2D eigenvalue weighted by Gasteiger charge is 2.16. The molecule has 0 aliphatic heterocycles. The van der Waals surface area contributed by atoms with Gasteiger partial charge in [0.1, 0.15) is 18.1 Å². The lowest BCUT2D eigenvalue weighted by Gasteiger charge is -2.15. The van der Waals surface area contributed by atoms with Gasteiger partial charge in [0.2, 0.25) is 0 Å². The summed E-state index contributed by atoms with van der Waals surface area (Å²) in [5, 5.41) is 2.47. The maximum Gasteiger partial charge on any atom is 0.269 e. The zero-order valence-corrected chi connectivity index (χ0v) is 21.0. The van der Waals surface area contributed by atoms with E-state index in [9.17, 15) is 9.59 Å². The normalized spacial score (nSPS) is 10.4. The van der Waals surface area contributed by atoms with Crippen LogP contribution < -0.4 is 25.6 Å². The van der Waals surface area contributed by atoms with Gasteiger partial charge in [0.15, 0.2) is 5.11 Å². The van der Waals surface area contributed by atoms with Crippen molar-refractivity contribution in [1.29, 1.82) is 0 Å². The van der Waals surface area contributed by atoms with E-state index in [2.05, 4.69) is 32.1 Å². The predicted octanol–water partition coefficient (Wildman–Crippen LogP) is 4.76. The second-order valence-corrected chi connectivity index (χ2v) is 8.79. The molecule has 3 aromatic carbocycles. The minimum Gasteiger partial charge on any atom is -0.490 e. The standard InChI is InChI=1S/C25H24BrN3O4S/c1-16(2)33-22-13-10-19(26)14-21(22)24(31)27-25(34)29-28-23(30)18-8-11-20(12-9-18)32-15-17-6-4-3-5-7-17/h3-14,16H,15H2,1-2H3,(H,28,30)(H2,27,29,31,34). The first-order valence-corrected chi connectivity index (χ1v) is 11.7. The predicted molar refractivity (Wildman–Crippen MR) is 138 cm³/mol. The first-order chi connectivity index (χ1) is 16.3. The second-order valence-electron chi connectivity index (χ2n) is 7.47. The lowest BCUT2D eigenvalue weighted by molar-refractivity contribution is 0.0933. The Bertz CT molecular complexity index is 1150. The third-order valence-corrected chi connectivity index (χ3v) is 5.13. The van der Waals surface area contributed by atoms with E-state index in [0.717, 1.165) is 10.0 Å². The number of rotatable bonds is 7. The van der Waals surface area contributed by atoms with Gasteiger partial charge >= 0.3 is 0 Å². The molecule has 0 unspecified atom stereocenters. The average molecular weight is 542 g/mol. The van der Waals surface area contributed by atoms with Crippen molar-refractivity contribution < 1.29 is 19.1 Å². The molecule has 0 aliphatic rings. The topological polar surface area (TPSA) is 88.7 Å². The number of benzene rings is 3. The molecule has 0 saturated carbocycles. The van der Waals surface area contributed by atoms with Crippen molar-refractivity contribution in [3.8, 4) is 11.5 Å². The Balaban J connectivity index is 1.50. The monoisotopic (exact) mass is 541 g/mol. The van der Waals surface area contributed by atoms with E-state index >= 15 is 0 Å². The quantitative estimate of drug-likeness (QED) is 0.295. The van der Waals surface area contributed by atoms with Crippen LogP contribution in [0.25, 0.3) is 0 Å². The van der Waals surface area contributed by atoms with Crippen molar-refractivity contribution in [3.05, 3.63) is 94.0 Å². The molecule has 0 fully saturated rings. The van der Waals surface area contributed by atoms with Crippen LogP contribution in [0.4, 0.5) is 0 Å². The Morgan fingerprint density at radius 1 is 0.941 bits per heavy atom. The number of ether oxygens (including phenoxy) is 2. The fourth-order valence-electron chi connectivity index (χ4n) is 2.87. The molecule has 0 spiro atoms. The molecule has 34 heavy (non-hydrogen) atoms. The third kappa shape index (κ3) is 7.57. The summed E-state index contributed by atoms with van der Waals surface area (Å²) in [7, 11) is 0. The fraction of sp³-hybridized carbons (Fsp3) is 0.160. The van der Waals surface area contributed by atoms with E-state index in [0.29, 0.717) is 29.2 Å². The van der Waals surface area contributed by atoms with Crippen LogP contribution in [0.5, 0.6) is 11.5 Å². The van der Waals surface area contributed by atoms with E-state index in [-0.39, 0.29) is 11.2 Å². The second kappa shape index (κ2) is 12.2. The number of carbonyl (C=O) groups is 2. The first-order valence-electron chi connectivity index (χ1n) is 10.5. The van der Waals surface area contributed by atoms with Crippen molar-refractivity contribution in [1.82, 2.24) is 16.2 Å². The number of hydrazine groups is 1. The summed E-state index contributed by atoms with van der Waals surface area (Å²) in [6.07, 6.45) is -0.104. The number of hydrogen-bond donors (Lipinski definition) is 3. The molecule has 0 saturated heterocycles. The van der Waals surface area contributed by atoms with Crippen LogP contribution >= 0.6 is 28.1 Å². The molecule has 0 atom stereocenters. The molecular weight excluding hydrogens is 518 g/mol. The molecule has 0 aromatic heterocycles. The Kier molecular flexibility index (Phi) is 9.00. The number of thiocarbonyl (C=S) groups is 1. The van der Waals surface area contributed by atoms with E-state index in [1.165, 1.54) is 0 Å². The summed E-state index contributed by atoms with van der Waals surface area (Å²) in [5.41, 5.74) is 6.76. The lowest BCUT2D eigenvalue weighted by atomic mass is 10.2. The molecule has 3 aromatic rings. The zero-order chi connectivity index (χ0) is 24.5. The number of nitrogens with one attached hydrogen (secondary N) is 3. The average Bonchev–Trinajstić information content (AvgIpc) is 2.83. The molecule has 176 valence electrons. The summed E-state index contributed by atoms with van der Waals surface area (Å²) >= 11 is 8.48. The molecule has 2 amide bonds. The van der Waals surface area contributed by atoms with Crippen molar-refractivity contribution in [3.63, 3.8) is 0 Å². The van der Waals surface area contributed by atoms with Crippen molar-refractivity contribution in [2.24, 2.45) is 0 Å². The molecule has 0 heterocycles. The number of hydrogen-bond acceptors (Lipinski definition) is 5. The van der Waals surface area contributed by atoms with Crippen LogP contribution in [-0.2, 0) is 6.61 Å². The van der Waals surface area contributed by atoms with Gasteiger partial charge in [0, 0.05) is 10.0 Å².